The Labute approximate surface area is 62.3 Å². The largest absolute Gasteiger partial charge is 0.0959 e. The van der Waals surface area contributed by atoms with E-state index < -0.39 is 0 Å². The standard InChI is InChI=1S/C9H11P/c1-10-7-3-5-8-4-2-6-9(8)10/h2-5,7,10H,6H2,1H3. The predicted molar refractivity (Wildman–Crippen MR) is 50.2 cm³/mol. The number of hydrogen-bond donors (Lipinski definition) is 0. The van der Waals surface area contributed by atoms with Gasteiger partial charge in [0.2, 0.25) is 0 Å². The Morgan fingerprint density at radius 3 is 3.10 bits per heavy atom. The van der Waals surface area contributed by atoms with Crippen LogP contribution in [0, 0.1) is 0 Å². The summed E-state index contributed by atoms with van der Waals surface area (Å²) in [5.74, 6) is 2.36. The molecule has 0 bridgehead atoms. The molecule has 0 nitrogen and oxygen atoms in total. The molecule has 0 saturated carbocycles. The van der Waals surface area contributed by atoms with Gasteiger partial charge in [-0.1, -0.05) is 37.6 Å². The van der Waals surface area contributed by atoms with Gasteiger partial charge in [0.1, 0.15) is 0 Å². The number of rotatable bonds is 0. The van der Waals surface area contributed by atoms with Crippen LogP contribution in [0.2, 0.25) is 0 Å². The monoisotopic (exact) mass is 150 g/mol. The Kier molecular flexibility index (Phi) is 1.43. The van der Waals surface area contributed by atoms with Crippen molar-refractivity contribution in [3.8, 4) is 0 Å². The molecule has 0 N–H and O–H groups in total. The van der Waals surface area contributed by atoms with Gasteiger partial charge in [0, 0.05) is 0 Å². The van der Waals surface area contributed by atoms with Gasteiger partial charge >= 0.3 is 0 Å². The van der Waals surface area contributed by atoms with Crippen LogP contribution in [0.25, 0.3) is 0 Å². The first-order valence-electron chi connectivity index (χ1n) is 3.63. The second-order valence-corrected chi connectivity index (χ2v) is 5.05. The highest BCUT2D eigenvalue weighted by Gasteiger charge is 2.08. The van der Waals surface area contributed by atoms with E-state index in [4.69, 9.17) is 0 Å². The molecule has 2 rings (SSSR count). The molecule has 1 heterocycles. The third kappa shape index (κ3) is 0.839. The van der Waals surface area contributed by atoms with Crippen LogP contribution in [0.15, 0.2) is 35.2 Å². The van der Waals surface area contributed by atoms with Gasteiger partial charge < -0.3 is 0 Å². The minimum Gasteiger partial charge on any atom is -0.0959 e. The van der Waals surface area contributed by atoms with E-state index in [1.165, 1.54) is 12.0 Å². The molecule has 52 valence electrons. The molecule has 2 aliphatic rings. The van der Waals surface area contributed by atoms with Crippen LogP contribution < -0.4 is 0 Å². The molecule has 0 amide bonds. The predicted octanol–water partition coefficient (Wildman–Crippen LogP) is 2.42. The molecule has 1 atom stereocenters. The SMILES string of the molecule is C[PH]1=CC=CC2=C1CC=C2. The van der Waals surface area contributed by atoms with E-state index >= 15 is 0 Å². The summed E-state index contributed by atoms with van der Waals surface area (Å²) in [6, 6.07) is 0. The smallest absolute Gasteiger partial charge is 0.00867 e. The zero-order chi connectivity index (χ0) is 6.97. The maximum absolute atomic E-state index is 2.36. The van der Waals surface area contributed by atoms with Crippen LogP contribution in [0.4, 0.5) is 0 Å². The summed E-state index contributed by atoms with van der Waals surface area (Å²) in [7, 11) is -0.263. The molecule has 1 unspecified atom stereocenters. The Morgan fingerprint density at radius 2 is 2.30 bits per heavy atom. The summed E-state index contributed by atoms with van der Waals surface area (Å²) in [5, 5.41) is 1.69. The van der Waals surface area contributed by atoms with Gasteiger partial charge in [0.15, 0.2) is 0 Å². The van der Waals surface area contributed by atoms with Crippen LogP contribution in [-0.2, 0) is 0 Å². The summed E-state index contributed by atoms with van der Waals surface area (Å²) >= 11 is 0. The fourth-order valence-corrected chi connectivity index (χ4v) is 3.11. The third-order valence-electron chi connectivity index (χ3n) is 2.07. The molecule has 0 aromatic rings. The van der Waals surface area contributed by atoms with Crippen molar-refractivity contribution in [1.82, 2.24) is 0 Å². The van der Waals surface area contributed by atoms with Gasteiger partial charge in [0.05, 0.1) is 0 Å². The number of allylic oxidation sites excluding steroid dienone is 6. The van der Waals surface area contributed by atoms with E-state index in [0.29, 0.717) is 0 Å². The topological polar surface area (TPSA) is 0 Å². The first-order valence-corrected chi connectivity index (χ1v) is 5.71. The lowest BCUT2D eigenvalue weighted by Gasteiger charge is -2.08. The van der Waals surface area contributed by atoms with Crippen LogP contribution in [0.5, 0.6) is 0 Å². The molecular weight excluding hydrogens is 139 g/mol. The molecule has 10 heavy (non-hydrogen) atoms. The van der Waals surface area contributed by atoms with Crippen molar-refractivity contribution < 1.29 is 0 Å². The minimum atomic E-state index is -0.263. The van der Waals surface area contributed by atoms with Crippen molar-refractivity contribution >= 4 is 13.3 Å². The lowest BCUT2D eigenvalue weighted by molar-refractivity contribution is 1.40. The van der Waals surface area contributed by atoms with E-state index in [9.17, 15) is 0 Å². The average Bonchev–Trinajstić information content (AvgIpc) is 2.36. The molecule has 1 aliphatic carbocycles. The molecule has 0 aromatic heterocycles. The second-order valence-electron chi connectivity index (χ2n) is 2.75. The van der Waals surface area contributed by atoms with Gasteiger partial charge in [-0.15, -0.1) is 0 Å². The molecule has 0 aromatic carbocycles. The molecule has 0 radical (unpaired) electrons. The third-order valence-corrected chi connectivity index (χ3v) is 4.20. The number of hydrogen-bond acceptors (Lipinski definition) is 0. The van der Waals surface area contributed by atoms with Crippen LogP contribution >= 0.6 is 7.55 Å². The van der Waals surface area contributed by atoms with Crippen molar-refractivity contribution in [1.29, 1.82) is 0 Å². The lowest BCUT2D eigenvalue weighted by atomic mass is 10.2. The van der Waals surface area contributed by atoms with Crippen molar-refractivity contribution in [2.45, 2.75) is 6.42 Å². The molecule has 0 spiro atoms. The zero-order valence-corrected chi connectivity index (χ0v) is 7.09. The summed E-state index contributed by atoms with van der Waals surface area (Å²) in [5.41, 5.74) is 1.49. The van der Waals surface area contributed by atoms with E-state index in [-0.39, 0.29) is 7.55 Å². The fourth-order valence-electron chi connectivity index (χ4n) is 1.46. The normalized spacial score (nSPS) is 28.7. The summed E-state index contributed by atoms with van der Waals surface area (Å²) in [4.78, 5) is 0. The van der Waals surface area contributed by atoms with Crippen LogP contribution in [0.3, 0.4) is 0 Å². The van der Waals surface area contributed by atoms with E-state index in [2.05, 4.69) is 36.8 Å². The average molecular weight is 150 g/mol. The molecule has 1 aliphatic heterocycles. The first kappa shape index (κ1) is 6.24. The Hall–Kier alpha value is -0.480. The fraction of sp³-hybridized carbons (Fsp3) is 0.222. The van der Waals surface area contributed by atoms with Gasteiger partial charge in [-0.25, -0.2) is 0 Å². The van der Waals surface area contributed by atoms with Gasteiger partial charge in [0.25, 0.3) is 0 Å². The van der Waals surface area contributed by atoms with Crippen molar-refractivity contribution in [3.63, 3.8) is 0 Å². The summed E-state index contributed by atoms with van der Waals surface area (Å²) in [6.45, 7) is 2.36. The highest BCUT2D eigenvalue weighted by Crippen LogP contribution is 2.40. The summed E-state index contributed by atoms with van der Waals surface area (Å²) < 4.78 is 0. The lowest BCUT2D eigenvalue weighted by Crippen LogP contribution is -1.82. The van der Waals surface area contributed by atoms with E-state index in [1.54, 1.807) is 5.31 Å². The molecular formula is C9H11P. The van der Waals surface area contributed by atoms with Gasteiger partial charge in [-0.2, -0.15) is 0 Å². The van der Waals surface area contributed by atoms with E-state index in [0.717, 1.165) is 0 Å². The van der Waals surface area contributed by atoms with Gasteiger partial charge in [-0.05, 0) is 24.0 Å². The minimum absolute atomic E-state index is 0.263. The second kappa shape index (κ2) is 2.29. The van der Waals surface area contributed by atoms with Crippen molar-refractivity contribution in [2.24, 2.45) is 0 Å². The maximum Gasteiger partial charge on any atom is -0.00867 e. The van der Waals surface area contributed by atoms with Crippen LogP contribution in [0.1, 0.15) is 6.42 Å². The van der Waals surface area contributed by atoms with Crippen LogP contribution in [-0.4, -0.2) is 12.5 Å². The zero-order valence-electron chi connectivity index (χ0n) is 6.09. The van der Waals surface area contributed by atoms with Crippen molar-refractivity contribution in [3.05, 3.63) is 35.2 Å². The molecule has 0 saturated heterocycles. The highest BCUT2D eigenvalue weighted by molar-refractivity contribution is 7.61. The molecule has 1 heteroatoms. The highest BCUT2D eigenvalue weighted by atomic mass is 31.1. The van der Waals surface area contributed by atoms with Crippen molar-refractivity contribution in [2.75, 3.05) is 6.66 Å². The maximum atomic E-state index is 2.36. The Balaban J connectivity index is 2.51. The van der Waals surface area contributed by atoms with Gasteiger partial charge in [-0.3, -0.25) is 0 Å². The summed E-state index contributed by atoms with van der Waals surface area (Å²) in [6.07, 6.45) is 10.1. The first-order chi connectivity index (χ1) is 4.88. The van der Waals surface area contributed by atoms with E-state index in [1.807, 2.05) is 0 Å². The Bertz CT molecular complexity index is 277. The quantitative estimate of drug-likeness (QED) is 0.465. The molecule has 0 fully saturated rings. The Morgan fingerprint density at radius 1 is 1.40 bits per heavy atom.